The Hall–Kier alpha value is -5.78. The number of carbonyl (C=O) groups is 2. The first-order valence-electron chi connectivity index (χ1n) is 23.2. The molecule has 342 valence electrons. The molecule has 1 atom stereocenters. The average Bonchev–Trinajstić information content (AvgIpc) is 3.98. The molecule has 15 nitrogen and oxygen atoms in total. The summed E-state index contributed by atoms with van der Waals surface area (Å²) in [6.45, 7) is 9.58. The van der Waals surface area contributed by atoms with Crippen LogP contribution in [-0.2, 0) is 26.0 Å². The van der Waals surface area contributed by atoms with Crippen LogP contribution in [0.4, 0.5) is 44.6 Å². The molecule has 4 N–H and O–H groups in total. The second-order valence-corrected chi connectivity index (χ2v) is 20.3. The molecule has 2 aromatic heterocycles. The van der Waals surface area contributed by atoms with Gasteiger partial charge >= 0.3 is 0 Å². The lowest BCUT2D eigenvalue weighted by Crippen LogP contribution is -2.53. The van der Waals surface area contributed by atoms with Gasteiger partial charge in [-0.25, -0.2) is 12.8 Å². The van der Waals surface area contributed by atoms with Crippen molar-refractivity contribution in [3.8, 4) is 0 Å². The molecule has 65 heavy (non-hydrogen) atoms. The van der Waals surface area contributed by atoms with Crippen LogP contribution in [0.25, 0.3) is 11.0 Å². The van der Waals surface area contributed by atoms with Gasteiger partial charge in [-0.2, -0.15) is 9.97 Å². The van der Waals surface area contributed by atoms with E-state index in [2.05, 4.69) is 69.8 Å². The zero-order chi connectivity index (χ0) is 44.7. The summed E-state index contributed by atoms with van der Waals surface area (Å²) < 4.78 is 42.5. The first-order valence-corrected chi connectivity index (χ1v) is 25.1. The van der Waals surface area contributed by atoms with Crippen LogP contribution in [0.15, 0.2) is 72.9 Å². The van der Waals surface area contributed by atoms with Crippen LogP contribution in [0, 0.1) is 11.7 Å². The van der Waals surface area contributed by atoms with Crippen LogP contribution < -0.4 is 30.1 Å². The summed E-state index contributed by atoms with van der Waals surface area (Å²) in [7, 11) is -3.46. The molecule has 5 aromatic rings. The lowest BCUT2D eigenvalue weighted by atomic mass is 9.90. The van der Waals surface area contributed by atoms with E-state index in [4.69, 9.17) is 4.98 Å². The summed E-state index contributed by atoms with van der Waals surface area (Å²) in [4.78, 5) is 46.3. The second-order valence-electron chi connectivity index (χ2n) is 18.4. The monoisotopic (exact) mass is 903 g/mol. The molecule has 3 aromatic carbocycles. The zero-order valence-electron chi connectivity index (χ0n) is 36.9. The number of nitrogens with zero attached hydrogens (tertiary/aromatic N) is 7. The van der Waals surface area contributed by atoms with E-state index < -0.39 is 10.0 Å². The SMILES string of the molecule is CS(=O)(=O)N1CCc2cccc(Nc3nc(Nc4ccc(N5CCC(N6CCN(CCC7CCN(c8ccc(C9CCC(=O)NC9=O)cc8)CC7)CC6)CC5)c(F)c4)nc4[nH]ccc34)c21. The molecule has 4 saturated heterocycles. The Morgan fingerprint density at radius 1 is 0.800 bits per heavy atom. The van der Waals surface area contributed by atoms with Crippen molar-refractivity contribution in [3.05, 3.63) is 89.9 Å². The number of piperazine rings is 1. The number of piperidine rings is 3. The Balaban J connectivity index is 0.674. The number of amides is 2. The molecular formula is C48H58FN11O4S. The van der Waals surface area contributed by atoms with E-state index in [9.17, 15) is 18.0 Å². The second kappa shape index (κ2) is 18.2. The maximum absolute atomic E-state index is 15.8. The van der Waals surface area contributed by atoms with Gasteiger partial charge in [0.2, 0.25) is 27.8 Å². The Bertz CT molecular complexity index is 2660. The quantitative estimate of drug-likeness (QED) is 0.103. The number of aromatic amines is 1. The van der Waals surface area contributed by atoms with Crippen LogP contribution in [-0.4, -0.2) is 123 Å². The highest BCUT2D eigenvalue weighted by molar-refractivity contribution is 7.92. The number of hydrogen-bond donors (Lipinski definition) is 4. The predicted molar refractivity (Wildman–Crippen MR) is 254 cm³/mol. The number of anilines is 7. The number of carbonyl (C=O) groups excluding carboxylic acids is 2. The number of rotatable bonds is 12. The van der Waals surface area contributed by atoms with Crippen molar-refractivity contribution in [2.75, 3.05) is 96.4 Å². The topological polar surface area (TPSA) is 162 Å². The van der Waals surface area contributed by atoms with E-state index in [0.717, 1.165) is 94.2 Å². The van der Waals surface area contributed by atoms with Crippen molar-refractivity contribution in [1.29, 1.82) is 0 Å². The third kappa shape index (κ3) is 9.36. The zero-order valence-corrected chi connectivity index (χ0v) is 37.8. The number of H-pyrrole nitrogens is 1. The van der Waals surface area contributed by atoms with Crippen LogP contribution in [0.1, 0.15) is 62.0 Å². The van der Waals surface area contributed by atoms with Gasteiger partial charge in [0, 0.05) is 88.9 Å². The molecule has 0 spiro atoms. The molecule has 1 unspecified atom stereocenters. The van der Waals surface area contributed by atoms with Crippen LogP contribution in [0.2, 0.25) is 0 Å². The van der Waals surface area contributed by atoms with Crippen molar-refractivity contribution in [2.24, 2.45) is 5.92 Å². The highest BCUT2D eigenvalue weighted by atomic mass is 32.2. The molecule has 5 aliphatic rings. The Morgan fingerprint density at radius 3 is 2.31 bits per heavy atom. The first-order chi connectivity index (χ1) is 31.5. The number of imide groups is 1. The Morgan fingerprint density at radius 2 is 1.57 bits per heavy atom. The van der Waals surface area contributed by atoms with Crippen molar-refractivity contribution in [1.82, 2.24) is 30.1 Å². The summed E-state index contributed by atoms with van der Waals surface area (Å²) in [5, 5.41) is 9.77. The highest BCUT2D eigenvalue weighted by Gasteiger charge is 2.32. The number of hydrogen-bond acceptors (Lipinski definition) is 12. The fourth-order valence-corrected chi connectivity index (χ4v) is 11.6. The number of sulfonamides is 1. The lowest BCUT2D eigenvalue weighted by molar-refractivity contribution is -0.134. The van der Waals surface area contributed by atoms with Gasteiger partial charge in [0.25, 0.3) is 0 Å². The summed E-state index contributed by atoms with van der Waals surface area (Å²) >= 11 is 0. The molecule has 0 radical (unpaired) electrons. The molecule has 0 aliphatic carbocycles. The summed E-state index contributed by atoms with van der Waals surface area (Å²) in [5.41, 5.74) is 6.11. The lowest BCUT2D eigenvalue weighted by Gasteiger charge is -2.43. The van der Waals surface area contributed by atoms with E-state index in [-0.39, 0.29) is 29.5 Å². The number of nitrogens with one attached hydrogen (secondary N) is 4. The van der Waals surface area contributed by atoms with Gasteiger partial charge in [-0.05, 0) is 111 Å². The molecular weight excluding hydrogens is 846 g/mol. The van der Waals surface area contributed by atoms with E-state index >= 15 is 4.39 Å². The summed E-state index contributed by atoms with van der Waals surface area (Å²) in [5.74, 6) is 0.603. The smallest absolute Gasteiger partial charge is 0.234 e. The van der Waals surface area contributed by atoms with Crippen LogP contribution in [0.3, 0.4) is 0 Å². The third-order valence-electron chi connectivity index (χ3n) is 14.3. The number of benzene rings is 3. The van der Waals surface area contributed by atoms with Gasteiger partial charge in [-0.15, -0.1) is 0 Å². The largest absolute Gasteiger partial charge is 0.372 e. The number of halogens is 1. The van der Waals surface area contributed by atoms with E-state index in [0.29, 0.717) is 66.1 Å². The standard InChI is InChI=1S/C48H58FN11O4S/c1-65(63,64)60-26-17-34-3-2-4-41(44(34)60)52-46-39-13-20-50-45(39)54-48(55-46)51-35-7-11-42(40(49)31-35)59-24-18-37(19-25-59)58-29-27-56(28-30-58)21-14-32-15-22-57(23-16-32)36-8-5-33(6-9-36)38-10-12-43(61)53-47(38)62/h2-9,11,13,20,31-32,37-38H,10,12,14-19,21-30H2,1H3,(H,53,61,62)(H3,50,51,52,54,55). The first kappa shape index (κ1) is 43.1. The minimum Gasteiger partial charge on any atom is -0.372 e. The van der Waals surface area contributed by atoms with Gasteiger partial charge in [-0.3, -0.25) is 24.1 Å². The van der Waals surface area contributed by atoms with E-state index in [1.54, 1.807) is 6.20 Å². The van der Waals surface area contributed by atoms with Crippen molar-refractivity contribution in [3.63, 3.8) is 0 Å². The van der Waals surface area contributed by atoms with Gasteiger partial charge in [-0.1, -0.05) is 24.3 Å². The molecule has 7 heterocycles. The van der Waals surface area contributed by atoms with Gasteiger partial charge < -0.3 is 30.3 Å². The third-order valence-corrected chi connectivity index (χ3v) is 15.5. The molecule has 5 aliphatic heterocycles. The molecule has 0 bridgehead atoms. The highest BCUT2D eigenvalue weighted by Crippen LogP contribution is 2.40. The van der Waals surface area contributed by atoms with Gasteiger partial charge in [0.15, 0.2) is 0 Å². The molecule has 0 saturated carbocycles. The fraction of sp³-hybridized carbons (Fsp3) is 0.458. The van der Waals surface area contributed by atoms with E-state index in [1.807, 2.05) is 36.4 Å². The minimum atomic E-state index is -3.46. The normalized spacial score (nSPS) is 20.6. The maximum Gasteiger partial charge on any atom is 0.234 e. The average molecular weight is 904 g/mol. The number of fused-ring (bicyclic) bond motifs is 2. The predicted octanol–water partition coefficient (Wildman–Crippen LogP) is 6.32. The Labute approximate surface area is 379 Å². The van der Waals surface area contributed by atoms with Crippen LogP contribution >= 0.6 is 0 Å². The van der Waals surface area contributed by atoms with Gasteiger partial charge in [0.1, 0.15) is 17.3 Å². The number of aromatic nitrogens is 3. The molecule has 2 amide bonds. The van der Waals surface area contributed by atoms with Crippen molar-refractivity contribution >= 4 is 73.1 Å². The molecule has 17 heteroatoms. The Kier molecular flexibility index (Phi) is 12.1. The minimum absolute atomic E-state index is 0.179. The van der Waals surface area contributed by atoms with Crippen LogP contribution in [0.5, 0.6) is 0 Å². The fourth-order valence-electron chi connectivity index (χ4n) is 10.6. The maximum atomic E-state index is 15.8. The molecule has 10 rings (SSSR count). The van der Waals surface area contributed by atoms with E-state index in [1.165, 1.54) is 41.6 Å². The summed E-state index contributed by atoms with van der Waals surface area (Å²) in [6, 6.07) is 21.6. The number of para-hydroxylation sites is 1. The van der Waals surface area contributed by atoms with Crippen molar-refractivity contribution < 1.29 is 22.4 Å². The molecule has 4 fully saturated rings. The summed E-state index contributed by atoms with van der Waals surface area (Å²) in [6.07, 6.45) is 10.2. The van der Waals surface area contributed by atoms with Crippen molar-refractivity contribution in [2.45, 2.75) is 63.3 Å². The van der Waals surface area contributed by atoms with Gasteiger partial charge in [0.05, 0.1) is 34.6 Å².